The molecule has 11 heteroatoms. The number of carbonyl (C=O) groups excluding carboxylic acids is 2. The van der Waals surface area contributed by atoms with Crippen LogP contribution in [0.3, 0.4) is 0 Å². The molecule has 0 unspecified atom stereocenters. The normalized spacial score (nSPS) is 16.4. The lowest BCUT2D eigenvalue weighted by molar-refractivity contribution is -0.149. The first-order chi connectivity index (χ1) is 14.7. The standard InChI is InChI=1S/C20H18FNO8S/c1-11-4-7-13(8-5-11)31(25,26)30-18(20(24)28-3)16-14-10-12(21)6-9-15(14)29-22-17(16)19(23)27-2/h4-10,16,18H,1-3H3/t16-,18+/m1/s1. The summed E-state index contributed by atoms with van der Waals surface area (Å²) in [6.07, 6.45) is -1.92. The van der Waals surface area contributed by atoms with Crippen molar-refractivity contribution in [3.63, 3.8) is 0 Å². The molecular formula is C20H18FNO8S. The first-order valence-electron chi connectivity index (χ1n) is 8.88. The van der Waals surface area contributed by atoms with Gasteiger partial charge in [0.2, 0.25) is 0 Å². The van der Waals surface area contributed by atoms with Crippen LogP contribution in [0.1, 0.15) is 17.0 Å². The molecule has 9 nitrogen and oxygen atoms in total. The SMILES string of the molecule is COC(=O)C1=NOc2ccc(F)cc2[C@H]1[C@H](OS(=O)(=O)c1ccc(C)cc1)C(=O)OC. The number of hydrogen-bond donors (Lipinski definition) is 0. The van der Waals surface area contributed by atoms with Crippen LogP contribution in [-0.4, -0.2) is 46.4 Å². The molecule has 0 fully saturated rings. The van der Waals surface area contributed by atoms with Crippen LogP contribution in [0.4, 0.5) is 4.39 Å². The molecule has 0 saturated carbocycles. The molecule has 0 N–H and O–H groups in total. The van der Waals surface area contributed by atoms with Crippen molar-refractivity contribution in [1.29, 1.82) is 0 Å². The molecule has 3 rings (SSSR count). The van der Waals surface area contributed by atoms with Crippen molar-refractivity contribution in [2.45, 2.75) is 23.8 Å². The lowest BCUT2D eigenvalue weighted by Crippen LogP contribution is -2.42. The molecule has 0 bridgehead atoms. The van der Waals surface area contributed by atoms with Gasteiger partial charge in [0.25, 0.3) is 10.1 Å². The van der Waals surface area contributed by atoms with Gasteiger partial charge < -0.3 is 14.3 Å². The predicted octanol–water partition coefficient (Wildman–Crippen LogP) is 2.09. The molecule has 1 heterocycles. The highest BCUT2D eigenvalue weighted by molar-refractivity contribution is 7.86. The topological polar surface area (TPSA) is 118 Å². The fourth-order valence-electron chi connectivity index (χ4n) is 2.97. The minimum absolute atomic E-state index is 0.00397. The van der Waals surface area contributed by atoms with Crippen LogP contribution in [0.5, 0.6) is 5.75 Å². The number of ether oxygens (including phenoxy) is 2. The van der Waals surface area contributed by atoms with E-state index in [9.17, 15) is 22.4 Å². The minimum Gasteiger partial charge on any atom is -0.467 e. The number of fused-ring (bicyclic) bond motifs is 1. The van der Waals surface area contributed by atoms with E-state index < -0.39 is 45.6 Å². The number of methoxy groups -OCH3 is 2. The molecule has 0 radical (unpaired) electrons. The lowest BCUT2D eigenvalue weighted by atomic mass is 9.87. The van der Waals surface area contributed by atoms with E-state index in [0.717, 1.165) is 31.9 Å². The van der Waals surface area contributed by atoms with Crippen LogP contribution in [0.2, 0.25) is 0 Å². The van der Waals surface area contributed by atoms with Crippen LogP contribution < -0.4 is 4.84 Å². The highest BCUT2D eigenvalue weighted by Crippen LogP contribution is 2.37. The molecule has 0 aliphatic carbocycles. The van der Waals surface area contributed by atoms with Crippen molar-refractivity contribution < 1.29 is 40.9 Å². The zero-order valence-electron chi connectivity index (χ0n) is 16.7. The fourth-order valence-corrected chi connectivity index (χ4v) is 4.01. The highest BCUT2D eigenvalue weighted by atomic mass is 32.2. The summed E-state index contributed by atoms with van der Waals surface area (Å²) in [5, 5.41) is 3.64. The molecule has 2 atom stereocenters. The second kappa shape index (κ2) is 8.82. The summed E-state index contributed by atoms with van der Waals surface area (Å²) < 4.78 is 54.2. The van der Waals surface area contributed by atoms with E-state index in [0.29, 0.717) is 0 Å². The van der Waals surface area contributed by atoms with Gasteiger partial charge in [0.05, 0.1) is 25.0 Å². The maximum absolute atomic E-state index is 14.0. The van der Waals surface area contributed by atoms with Crippen LogP contribution in [-0.2, 0) is 33.4 Å². The van der Waals surface area contributed by atoms with Gasteiger partial charge in [-0.25, -0.2) is 18.2 Å². The molecule has 0 aromatic heterocycles. The second-order valence-corrected chi connectivity index (χ2v) is 8.10. The summed E-state index contributed by atoms with van der Waals surface area (Å²) >= 11 is 0. The molecule has 1 aliphatic rings. The van der Waals surface area contributed by atoms with Gasteiger partial charge in [-0.2, -0.15) is 8.42 Å². The van der Waals surface area contributed by atoms with Gasteiger partial charge in [0.1, 0.15) is 5.82 Å². The summed E-state index contributed by atoms with van der Waals surface area (Å²) in [5.41, 5.74) is 0.275. The number of carbonyl (C=O) groups is 2. The fraction of sp³-hybridized carbons (Fsp3) is 0.250. The largest absolute Gasteiger partial charge is 0.467 e. The van der Waals surface area contributed by atoms with Crippen molar-refractivity contribution in [1.82, 2.24) is 0 Å². The Morgan fingerprint density at radius 2 is 1.77 bits per heavy atom. The minimum atomic E-state index is -4.49. The lowest BCUT2D eigenvalue weighted by Gasteiger charge is -2.28. The smallest absolute Gasteiger partial charge is 0.356 e. The predicted molar refractivity (Wildman–Crippen MR) is 104 cm³/mol. The van der Waals surface area contributed by atoms with Crippen LogP contribution in [0.25, 0.3) is 0 Å². The van der Waals surface area contributed by atoms with Crippen molar-refractivity contribution in [2.24, 2.45) is 5.16 Å². The molecular weight excluding hydrogens is 433 g/mol. The number of benzene rings is 2. The Kier molecular flexibility index (Phi) is 6.37. The third kappa shape index (κ3) is 4.57. The zero-order valence-corrected chi connectivity index (χ0v) is 17.5. The van der Waals surface area contributed by atoms with Crippen molar-refractivity contribution in [2.75, 3.05) is 14.2 Å². The number of halogens is 1. The van der Waals surface area contributed by atoms with E-state index in [1.54, 1.807) is 19.1 Å². The Balaban J connectivity index is 2.13. The molecule has 1 aliphatic heterocycles. The van der Waals surface area contributed by atoms with E-state index >= 15 is 0 Å². The molecule has 0 spiro atoms. The Bertz CT molecular complexity index is 1140. The van der Waals surface area contributed by atoms with Crippen molar-refractivity contribution in [3.8, 4) is 5.75 Å². The molecule has 0 saturated heterocycles. The average molecular weight is 451 g/mol. The quantitative estimate of drug-likeness (QED) is 0.484. The third-order valence-corrected chi connectivity index (χ3v) is 5.82. The van der Waals surface area contributed by atoms with E-state index in [1.807, 2.05) is 0 Å². The first-order valence-corrected chi connectivity index (χ1v) is 10.3. The Labute approximate surface area is 177 Å². The average Bonchev–Trinajstić information content (AvgIpc) is 2.76. The second-order valence-electron chi connectivity index (χ2n) is 6.53. The van der Waals surface area contributed by atoms with Gasteiger partial charge >= 0.3 is 11.9 Å². The van der Waals surface area contributed by atoms with Crippen LogP contribution in [0.15, 0.2) is 52.5 Å². The maximum atomic E-state index is 14.0. The highest BCUT2D eigenvalue weighted by Gasteiger charge is 2.45. The summed E-state index contributed by atoms with van der Waals surface area (Å²) in [4.78, 5) is 29.7. The van der Waals surface area contributed by atoms with Gasteiger partial charge in [0.15, 0.2) is 17.6 Å². The molecule has 2 aromatic rings. The first kappa shape index (κ1) is 22.4. The molecule has 31 heavy (non-hydrogen) atoms. The van der Waals surface area contributed by atoms with E-state index in [2.05, 4.69) is 9.89 Å². The summed E-state index contributed by atoms with van der Waals surface area (Å²) in [6.45, 7) is 1.76. The van der Waals surface area contributed by atoms with Gasteiger partial charge in [-0.3, -0.25) is 0 Å². The van der Waals surface area contributed by atoms with Gasteiger partial charge in [-0.1, -0.05) is 22.9 Å². The molecule has 0 amide bonds. The summed E-state index contributed by atoms with van der Waals surface area (Å²) in [7, 11) is -2.42. The number of rotatable bonds is 6. The van der Waals surface area contributed by atoms with Crippen LogP contribution >= 0.6 is 0 Å². The number of esters is 2. The van der Waals surface area contributed by atoms with Crippen LogP contribution in [0, 0.1) is 12.7 Å². The van der Waals surface area contributed by atoms with E-state index in [1.165, 1.54) is 18.2 Å². The summed E-state index contributed by atoms with van der Waals surface area (Å²) in [6, 6.07) is 8.96. The van der Waals surface area contributed by atoms with Gasteiger partial charge in [0, 0.05) is 5.56 Å². The third-order valence-electron chi connectivity index (χ3n) is 4.51. The van der Waals surface area contributed by atoms with Crippen molar-refractivity contribution in [3.05, 3.63) is 59.4 Å². The number of oxime groups is 1. The van der Waals surface area contributed by atoms with Gasteiger partial charge in [-0.05, 0) is 37.3 Å². The number of hydrogen-bond acceptors (Lipinski definition) is 9. The van der Waals surface area contributed by atoms with E-state index in [-0.39, 0.29) is 16.2 Å². The molecule has 2 aromatic carbocycles. The maximum Gasteiger partial charge on any atom is 0.356 e. The Morgan fingerprint density at radius 1 is 1.10 bits per heavy atom. The number of nitrogens with zero attached hydrogens (tertiary/aromatic N) is 1. The zero-order chi connectivity index (χ0) is 22.8. The van der Waals surface area contributed by atoms with Gasteiger partial charge in [-0.15, -0.1) is 0 Å². The van der Waals surface area contributed by atoms with E-state index in [4.69, 9.17) is 13.8 Å². The molecule has 164 valence electrons. The Morgan fingerprint density at radius 3 is 2.39 bits per heavy atom. The monoisotopic (exact) mass is 451 g/mol. The summed E-state index contributed by atoms with van der Waals surface area (Å²) in [5.74, 6) is -4.35. The van der Waals surface area contributed by atoms with Crippen molar-refractivity contribution >= 4 is 27.8 Å². The Hall–Kier alpha value is -3.31. The number of aryl methyl sites for hydroxylation is 1.